The highest BCUT2D eigenvalue weighted by Crippen LogP contribution is 2.24. The van der Waals surface area contributed by atoms with Crippen molar-refractivity contribution in [2.24, 2.45) is 7.05 Å². The van der Waals surface area contributed by atoms with Crippen LogP contribution in [0, 0.1) is 10.1 Å². The van der Waals surface area contributed by atoms with Crippen LogP contribution in [-0.2, 0) is 23.2 Å². The number of ether oxygens (including phenoxy) is 1. The molecule has 0 atom stereocenters. The summed E-state index contributed by atoms with van der Waals surface area (Å²) in [4.78, 5) is 24.2. The van der Waals surface area contributed by atoms with Gasteiger partial charge in [-0.3, -0.25) is 9.36 Å². The molecule has 1 aromatic rings. The van der Waals surface area contributed by atoms with E-state index in [1.165, 1.54) is 11.5 Å². The predicted octanol–water partition coefficient (Wildman–Crippen LogP) is 1.15. The fraction of sp³-hybridized carbons (Fsp3) is 0.429. The maximum absolute atomic E-state index is 10.5. The molecular formula is C7H8BrN3O4. The van der Waals surface area contributed by atoms with Gasteiger partial charge in [-0.25, -0.2) is 0 Å². The van der Waals surface area contributed by atoms with E-state index in [9.17, 15) is 14.9 Å². The van der Waals surface area contributed by atoms with Gasteiger partial charge in [-0.2, -0.15) is 0 Å². The summed E-state index contributed by atoms with van der Waals surface area (Å²) in [5, 5.41) is 10.5. The van der Waals surface area contributed by atoms with Crippen LogP contribution in [0.4, 0.5) is 5.82 Å². The van der Waals surface area contributed by atoms with Gasteiger partial charge in [0.25, 0.3) is 5.82 Å². The third-order valence-corrected chi connectivity index (χ3v) is 2.57. The average Bonchev–Trinajstić information content (AvgIpc) is 2.41. The van der Waals surface area contributed by atoms with Crippen molar-refractivity contribution in [1.82, 2.24) is 9.55 Å². The van der Waals surface area contributed by atoms with Crippen LogP contribution in [0.1, 0.15) is 12.7 Å². The first-order chi connectivity index (χ1) is 6.93. The van der Waals surface area contributed by atoms with E-state index in [1.807, 2.05) is 0 Å². The largest absolute Gasteiger partial charge is 0.455 e. The van der Waals surface area contributed by atoms with Crippen molar-refractivity contribution < 1.29 is 14.5 Å². The molecule has 1 rings (SSSR count). The van der Waals surface area contributed by atoms with Gasteiger partial charge in [0.1, 0.15) is 0 Å². The van der Waals surface area contributed by atoms with E-state index < -0.39 is 10.9 Å². The number of carbonyl (C=O) groups excluding carboxylic acids is 1. The van der Waals surface area contributed by atoms with Gasteiger partial charge in [0.2, 0.25) is 0 Å². The summed E-state index contributed by atoms with van der Waals surface area (Å²) < 4.78 is 6.38. The van der Waals surface area contributed by atoms with E-state index in [2.05, 4.69) is 20.9 Å². The third-order valence-electron chi connectivity index (χ3n) is 1.68. The standard InChI is InChI=1S/C7H8BrN3O4/c1-4(12)15-3-5-9-7(11(13)14)6(8)10(5)2/h3H2,1-2H3. The lowest BCUT2D eigenvalue weighted by Gasteiger charge is -1.98. The molecule has 0 saturated carbocycles. The Morgan fingerprint density at radius 1 is 1.73 bits per heavy atom. The number of aromatic nitrogens is 2. The van der Waals surface area contributed by atoms with Crippen molar-refractivity contribution in [3.05, 3.63) is 20.5 Å². The quantitative estimate of drug-likeness (QED) is 0.470. The normalized spacial score (nSPS) is 10.1. The highest BCUT2D eigenvalue weighted by atomic mass is 79.9. The Morgan fingerprint density at radius 3 is 2.73 bits per heavy atom. The zero-order valence-corrected chi connectivity index (χ0v) is 9.65. The van der Waals surface area contributed by atoms with Gasteiger partial charge in [-0.05, 0) is 25.8 Å². The predicted molar refractivity (Wildman–Crippen MR) is 53.0 cm³/mol. The summed E-state index contributed by atoms with van der Waals surface area (Å²) in [6.45, 7) is 1.17. The number of hydrogen-bond donors (Lipinski definition) is 0. The molecule has 0 unspecified atom stereocenters. The van der Waals surface area contributed by atoms with E-state index in [1.54, 1.807) is 7.05 Å². The summed E-state index contributed by atoms with van der Waals surface area (Å²) in [6, 6.07) is 0. The number of nitrogens with zero attached hydrogens (tertiary/aromatic N) is 3. The van der Waals surface area contributed by atoms with E-state index in [4.69, 9.17) is 4.74 Å². The molecule has 0 radical (unpaired) electrons. The second-order valence-corrected chi connectivity index (χ2v) is 3.49. The van der Waals surface area contributed by atoms with Gasteiger partial charge >= 0.3 is 11.8 Å². The Hall–Kier alpha value is -1.44. The molecule has 0 spiro atoms. The number of imidazole rings is 1. The average molecular weight is 278 g/mol. The lowest BCUT2D eigenvalue weighted by Crippen LogP contribution is -2.04. The molecule has 1 aromatic heterocycles. The minimum absolute atomic E-state index is 0.0850. The Bertz CT molecular complexity index is 415. The molecule has 82 valence electrons. The first kappa shape index (κ1) is 11.6. The fourth-order valence-corrected chi connectivity index (χ4v) is 1.36. The van der Waals surface area contributed by atoms with E-state index in [0.29, 0.717) is 5.82 Å². The molecule has 7 nitrogen and oxygen atoms in total. The highest BCUT2D eigenvalue weighted by molar-refractivity contribution is 9.10. The molecule has 0 aliphatic carbocycles. The molecular weight excluding hydrogens is 270 g/mol. The molecule has 15 heavy (non-hydrogen) atoms. The lowest BCUT2D eigenvalue weighted by molar-refractivity contribution is -0.390. The summed E-state index contributed by atoms with van der Waals surface area (Å²) in [7, 11) is 1.59. The third kappa shape index (κ3) is 2.52. The van der Waals surface area contributed by atoms with Gasteiger partial charge in [0.15, 0.2) is 11.2 Å². The van der Waals surface area contributed by atoms with Gasteiger partial charge in [-0.1, -0.05) is 0 Å². The van der Waals surface area contributed by atoms with Gasteiger partial charge in [0.05, 0.1) is 0 Å². The molecule has 0 aromatic carbocycles. The molecule has 8 heteroatoms. The van der Waals surface area contributed by atoms with Crippen molar-refractivity contribution in [1.29, 1.82) is 0 Å². The zero-order valence-electron chi connectivity index (χ0n) is 8.06. The lowest BCUT2D eigenvalue weighted by atomic mass is 10.6. The number of rotatable bonds is 3. The summed E-state index contributed by atoms with van der Waals surface area (Å²) >= 11 is 3.03. The molecule has 0 saturated heterocycles. The first-order valence-corrected chi connectivity index (χ1v) is 4.71. The van der Waals surface area contributed by atoms with Gasteiger partial charge < -0.3 is 14.9 Å². The summed E-state index contributed by atoms with van der Waals surface area (Å²) in [6.07, 6.45) is 0. The molecule has 0 N–H and O–H groups in total. The van der Waals surface area contributed by atoms with Crippen molar-refractivity contribution in [2.75, 3.05) is 0 Å². The van der Waals surface area contributed by atoms with Crippen LogP contribution in [0.15, 0.2) is 4.60 Å². The molecule has 0 bridgehead atoms. The van der Waals surface area contributed by atoms with E-state index in [0.717, 1.165) is 0 Å². The fourth-order valence-electron chi connectivity index (χ4n) is 0.918. The molecule has 1 heterocycles. The van der Waals surface area contributed by atoms with Gasteiger partial charge in [-0.15, -0.1) is 0 Å². The Kier molecular flexibility index (Phi) is 3.40. The van der Waals surface area contributed by atoms with E-state index >= 15 is 0 Å². The van der Waals surface area contributed by atoms with Crippen LogP contribution >= 0.6 is 15.9 Å². The number of hydrogen-bond acceptors (Lipinski definition) is 5. The molecule has 0 amide bonds. The second-order valence-electron chi connectivity index (χ2n) is 2.74. The Labute approximate surface area is 93.3 Å². The first-order valence-electron chi connectivity index (χ1n) is 3.92. The van der Waals surface area contributed by atoms with Crippen LogP contribution in [0.5, 0.6) is 0 Å². The maximum atomic E-state index is 10.5. The number of esters is 1. The van der Waals surface area contributed by atoms with Crippen LogP contribution in [0.2, 0.25) is 0 Å². The monoisotopic (exact) mass is 277 g/mol. The topological polar surface area (TPSA) is 87.3 Å². The molecule has 0 aliphatic rings. The van der Waals surface area contributed by atoms with Crippen LogP contribution in [-0.4, -0.2) is 20.4 Å². The van der Waals surface area contributed by atoms with Crippen molar-refractivity contribution in [3.8, 4) is 0 Å². The summed E-state index contributed by atoms with van der Waals surface area (Å²) in [5.74, 6) is -0.444. The highest BCUT2D eigenvalue weighted by Gasteiger charge is 2.24. The second kappa shape index (κ2) is 4.39. The van der Waals surface area contributed by atoms with Crippen LogP contribution in [0.25, 0.3) is 0 Å². The minimum atomic E-state index is -0.610. The van der Waals surface area contributed by atoms with Crippen molar-refractivity contribution >= 4 is 27.7 Å². The van der Waals surface area contributed by atoms with Crippen molar-refractivity contribution in [2.45, 2.75) is 13.5 Å². The Balaban J connectivity index is 2.95. The van der Waals surface area contributed by atoms with Gasteiger partial charge in [0, 0.05) is 14.0 Å². The SMILES string of the molecule is CC(=O)OCc1nc([N+](=O)[O-])c(Br)n1C. The molecule has 0 aliphatic heterocycles. The number of nitro groups is 1. The maximum Gasteiger partial charge on any atom is 0.396 e. The minimum Gasteiger partial charge on any atom is -0.455 e. The summed E-state index contributed by atoms with van der Waals surface area (Å²) in [5.41, 5.74) is 0. The van der Waals surface area contributed by atoms with Crippen molar-refractivity contribution in [3.63, 3.8) is 0 Å². The number of carbonyl (C=O) groups is 1. The zero-order chi connectivity index (χ0) is 11.6. The number of halogens is 1. The van der Waals surface area contributed by atoms with E-state index in [-0.39, 0.29) is 17.0 Å². The van der Waals surface area contributed by atoms with Crippen LogP contribution in [0.3, 0.4) is 0 Å². The smallest absolute Gasteiger partial charge is 0.396 e. The van der Waals surface area contributed by atoms with Crippen LogP contribution < -0.4 is 0 Å². The molecule has 0 fully saturated rings. The Morgan fingerprint density at radius 2 is 2.33 bits per heavy atom.